The maximum Gasteiger partial charge on any atom is 0.306 e. The number of allylic oxidation sites excluding steroid dienone is 2. The first-order valence-corrected chi connectivity index (χ1v) is 17.7. The van der Waals surface area contributed by atoms with Crippen LogP contribution in [0.2, 0.25) is 0 Å². The molecule has 0 aromatic rings. The van der Waals surface area contributed by atoms with Crippen LogP contribution in [0.25, 0.3) is 0 Å². The topological polar surface area (TPSA) is 69.7 Å². The van der Waals surface area contributed by atoms with E-state index in [0.29, 0.717) is 44.7 Å². The molecule has 0 heterocycles. The number of ketones is 1. The quantitative estimate of drug-likeness (QED) is 0.0443. The van der Waals surface area contributed by atoms with Crippen LogP contribution in [-0.4, -0.2) is 30.9 Å². The third kappa shape index (κ3) is 32.6. The SMILES string of the molecule is CCCCCC/C=C/COC(=O)CCCCCCCCC(=O)CCCCCCCCC(=O)OC/C=C/CCCCCC. The zero-order valence-electron chi connectivity index (χ0n) is 27.6. The fraction of sp³-hybridized carbons (Fsp3) is 0.811. The lowest BCUT2D eigenvalue weighted by Crippen LogP contribution is -2.04. The highest BCUT2D eigenvalue weighted by molar-refractivity contribution is 5.78. The normalized spacial score (nSPS) is 11.5. The molecule has 5 heteroatoms. The third-order valence-electron chi connectivity index (χ3n) is 7.64. The van der Waals surface area contributed by atoms with E-state index in [9.17, 15) is 14.4 Å². The summed E-state index contributed by atoms with van der Waals surface area (Å²) in [6.07, 6.45) is 35.3. The van der Waals surface area contributed by atoms with E-state index in [1.807, 2.05) is 12.2 Å². The molecule has 0 N–H and O–H groups in total. The van der Waals surface area contributed by atoms with Crippen molar-refractivity contribution >= 4 is 17.7 Å². The first-order chi connectivity index (χ1) is 20.6. The lowest BCUT2D eigenvalue weighted by molar-refractivity contribution is -0.143. The van der Waals surface area contributed by atoms with E-state index in [1.54, 1.807) is 0 Å². The van der Waals surface area contributed by atoms with Crippen molar-refractivity contribution < 1.29 is 23.9 Å². The van der Waals surface area contributed by atoms with Crippen LogP contribution in [-0.2, 0) is 23.9 Å². The molecule has 0 aliphatic rings. The molecular weight excluding hydrogens is 524 g/mol. The van der Waals surface area contributed by atoms with Crippen molar-refractivity contribution in [3.63, 3.8) is 0 Å². The van der Waals surface area contributed by atoms with Gasteiger partial charge in [0.15, 0.2) is 0 Å². The van der Waals surface area contributed by atoms with Gasteiger partial charge >= 0.3 is 11.9 Å². The smallest absolute Gasteiger partial charge is 0.306 e. The summed E-state index contributed by atoms with van der Waals surface area (Å²) in [6, 6.07) is 0. The minimum absolute atomic E-state index is 0.0943. The molecule has 0 aliphatic carbocycles. The van der Waals surface area contributed by atoms with Gasteiger partial charge in [0, 0.05) is 25.7 Å². The van der Waals surface area contributed by atoms with Crippen molar-refractivity contribution in [3.05, 3.63) is 24.3 Å². The molecule has 0 atom stereocenters. The molecule has 42 heavy (non-hydrogen) atoms. The second-order valence-corrected chi connectivity index (χ2v) is 11.8. The molecule has 0 bridgehead atoms. The number of hydrogen-bond donors (Lipinski definition) is 0. The third-order valence-corrected chi connectivity index (χ3v) is 7.64. The summed E-state index contributed by atoms with van der Waals surface area (Å²) in [7, 11) is 0. The van der Waals surface area contributed by atoms with Gasteiger partial charge in [0.1, 0.15) is 19.0 Å². The van der Waals surface area contributed by atoms with Gasteiger partial charge < -0.3 is 9.47 Å². The number of Topliss-reactive ketones (excluding diaryl/α,β-unsaturated/α-hetero) is 1. The Balaban J connectivity index is 3.38. The fourth-order valence-corrected chi connectivity index (χ4v) is 4.90. The molecule has 244 valence electrons. The van der Waals surface area contributed by atoms with Crippen LogP contribution in [0.3, 0.4) is 0 Å². The predicted molar refractivity (Wildman–Crippen MR) is 177 cm³/mol. The Morgan fingerprint density at radius 2 is 0.738 bits per heavy atom. The molecule has 0 radical (unpaired) electrons. The van der Waals surface area contributed by atoms with Gasteiger partial charge in [-0.3, -0.25) is 14.4 Å². The number of esters is 2. The van der Waals surface area contributed by atoms with E-state index in [-0.39, 0.29) is 11.9 Å². The van der Waals surface area contributed by atoms with E-state index in [0.717, 1.165) is 89.9 Å². The molecule has 0 spiro atoms. The van der Waals surface area contributed by atoms with Crippen LogP contribution >= 0.6 is 0 Å². The maximum absolute atomic E-state index is 12.1. The summed E-state index contributed by atoms with van der Waals surface area (Å²) in [5.74, 6) is 0.205. The molecule has 0 saturated carbocycles. The number of carbonyl (C=O) groups is 3. The second-order valence-electron chi connectivity index (χ2n) is 11.8. The van der Waals surface area contributed by atoms with Crippen LogP contribution in [0.15, 0.2) is 24.3 Å². The Morgan fingerprint density at radius 1 is 0.405 bits per heavy atom. The first kappa shape index (κ1) is 40.1. The number of rotatable bonds is 32. The summed E-state index contributed by atoms with van der Waals surface area (Å²) in [5, 5.41) is 0. The second kappa shape index (κ2) is 33.6. The molecule has 0 aromatic carbocycles. The van der Waals surface area contributed by atoms with Crippen molar-refractivity contribution in [2.75, 3.05) is 13.2 Å². The Bertz CT molecular complexity index is 626. The zero-order valence-corrected chi connectivity index (χ0v) is 27.6. The minimum Gasteiger partial charge on any atom is -0.461 e. The Labute approximate surface area is 259 Å². The van der Waals surface area contributed by atoms with Crippen molar-refractivity contribution in [1.82, 2.24) is 0 Å². The average molecular weight is 591 g/mol. The predicted octanol–water partition coefficient (Wildman–Crippen LogP) is 10.9. The molecule has 0 fully saturated rings. The molecular formula is C37H66O5. The number of carbonyl (C=O) groups excluding carboxylic acids is 3. The lowest BCUT2D eigenvalue weighted by Gasteiger charge is -2.04. The van der Waals surface area contributed by atoms with Crippen LogP contribution in [0.1, 0.15) is 181 Å². The number of ether oxygens (including phenoxy) is 2. The van der Waals surface area contributed by atoms with Gasteiger partial charge in [0.25, 0.3) is 0 Å². The summed E-state index contributed by atoms with van der Waals surface area (Å²) < 4.78 is 10.5. The highest BCUT2D eigenvalue weighted by atomic mass is 16.5. The van der Waals surface area contributed by atoms with Gasteiger partial charge in [0.2, 0.25) is 0 Å². The van der Waals surface area contributed by atoms with Gasteiger partial charge in [-0.25, -0.2) is 0 Å². The van der Waals surface area contributed by atoms with Gasteiger partial charge in [-0.05, 0) is 51.4 Å². The number of hydrogen-bond acceptors (Lipinski definition) is 5. The molecule has 0 aromatic heterocycles. The van der Waals surface area contributed by atoms with Crippen LogP contribution in [0.4, 0.5) is 0 Å². The van der Waals surface area contributed by atoms with Crippen LogP contribution in [0.5, 0.6) is 0 Å². The van der Waals surface area contributed by atoms with Crippen molar-refractivity contribution in [2.24, 2.45) is 0 Å². The number of unbranched alkanes of at least 4 members (excludes halogenated alkanes) is 18. The largest absolute Gasteiger partial charge is 0.461 e. The van der Waals surface area contributed by atoms with Crippen LogP contribution < -0.4 is 0 Å². The molecule has 0 aliphatic heterocycles. The zero-order chi connectivity index (χ0) is 30.8. The molecule has 0 rings (SSSR count). The monoisotopic (exact) mass is 590 g/mol. The Morgan fingerprint density at radius 3 is 1.12 bits per heavy atom. The van der Waals surface area contributed by atoms with E-state index < -0.39 is 0 Å². The van der Waals surface area contributed by atoms with Crippen LogP contribution in [0, 0.1) is 0 Å². The molecule has 0 unspecified atom stereocenters. The van der Waals surface area contributed by atoms with E-state index in [1.165, 1.54) is 51.4 Å². The lowest BCUT2D eigenvalue weighted by atomic mass is 10.0. The Kier molecular flexibility index (Phi) is 32.1. The summed E-state index contributed by atoms with van der Waals surface area (Å²) in [6.45, 7) is 5.23. The van der Waals surface area contributed by atoms with Crippen molar-refractivity contribution in [1.29, 1.82) is 0 Å². The fourth-order valence-electron chi connectivity index (χ4n) is 4.90. The Hall–Kier alpha value is -1.91. The minimum atomic E-state index is -0.0943. The van der Waals surface area contributed by atoms with E-state index in [4.69, 9.17) is 9.47 Å². The first-order valence-electron chi connectivity index (χ1n) is 17.7. The summed E-state index contributed by atoms with van der Waals surface area (Å²) >= 11 is 0. The van der Waals surface area contributed by atoms with Crippen molar-refractivity contribution in [2.45, 2.75) is 181 Å². The van der Waals surface area contributed by atoms with Gasteiger partial charge in [-0.2, -0.15) is 0 Å². The molecule has 0 amide bonds. The highest BCUT2D eigenvalue weighted by Gasteiger charge is 2.04. The summed E-state index contributed by atoms with van der Waals surface area (Å²) in [5.41, 5.74) is 0. The molecule has 5 nitrogen and oxygen atoms in total. The average Bonchev–Trinajstić information content (AvgIpc) is 2.98. The summed E-state index contributed by atoms with van der Waals surface area (Å²) in [4.78, 5) is 35.7. The van der Waals surface area contributed by atoms with E-state index in [2.05, 4.69) is 26.0 Å². The standard InChI is InChI=1S/C37H66O5/c1-3-5-7-9-15-21-27-33-41-36(39)31-25-19-13-11-17-23-29-35(38)30-24-18-12-14-20-26-32-37(40)42-34-28-22-16-10-8-6-4-2/h21-22,27-28H,3-20,23-26,29-34H2,1-2H3/b27-21+,28-22+. The van der Waals surface area contributed by atoms with Gasteiger partial charge in [-0.15, -0.1) is 0 Å². The molecule has 0 saturated heterocycles. The highest BCUT2D eigenvalue weighted by Crippen LogP contribution is 2.13. The van der Waals surface area contributed by atoms with Crippen molar-refractivity contribution in [3.8, 4) is 0 Å². The van der Waals surface area contributed by atoms with E-state index >= 15 is 0 Å². The van der Waals surface area contributed by atoms with Gasteiger partial charge in [-0.1, -0.05) is 128 Å². The maximum atomic E-state index is 12.1. The van der Waals surface area contributed by atoms with Gasteiger partial charge in [0.05, 0.1) is 0 Å².